The molecule has 2 aromatic carbocycles. The molecule has 0 unspecified atom stereocenters. The van der Waals surface area contributed by atoms with Crippen LogP contribution < -0.4 is 4.90 Å². The Kier molecular flexibility index (Phi) is 3.69. The SMILES string of the molecule is Fc1ccc(-c2ccc(N3CCc4cc(F)ccc4C3)nn2)cc1. The zero-order valence-corrected chi connectivity index (χ0v) is 12.9. The summed E-state index contributed by atoms with van der Waals surface area (Å²) in [4.78, 5) is 2.13. The fourth-order valence-corrected chi connectivity index (χ4v) is 2.99. The van der Waals surface area contributed by atoms with Gasteiger partial charge in [0, 0.05) is 18.7 Å². The van der Waals surface area contributed by atoms with Gasteiger partial charge in [0.05, 0.1) is 5.69 Å². The fourth-order valence-electron chi connectivity index (χ4n) is 2.99. The molecular formula is C19H15F2N3. The van der Waals surface area contributed by atoms with E-state index in [1.54, 1.807) is 18.2 Å². The Balaban J connectivity index is 1.55. The molecule has 1 aromatic heterocycles. The molecule has 120 valence electrons. The van der Waals surface area contributed by atoms with Crippen LogP contribution in [0.4, 0.5) is 14.6 Å². The Morgan fingerprint density at radius 1 is 0.792 bits per heavy atom. The maximum absolute atomic E-state index is 13.3. The number of hydrogen-bond acceptors (Lipinski definition) is 3. The zero-order valence-electron chi connectivity index (χ0n) is 12.9. The predicted octanol–water partition coefficient (Wildman–Crippen LogP) is 3.98. The van der Waals surface area contributed by atoms with E-state index in [-0.39, 0.29) is 11.6 Å². The van der Waals surface area contributed by atoms with E-state index in [0.29, 0.717) is 12.2 Å². The van der Waals surface area contributed by atoms with Crippen molar-refractivity contribution in [1.82, 2.24) is 10.2 Å². The second kappa shape index (κ2) is 6.00. The first-order valence-electron chi connectivity index (χ1n) is 7.81. The van der Waals surface area contributed by atoms with Crippen LogP contribution in [0.5, 0.6) is 0 Å². The Hall–Kier alpha value is -2.82. The molecule has 0 atom stereocenters. The summed E-state index contributed by atoms with van der Waals surface area (Å²) >= 11 is 0. The highest BCUT2D eigenvalue weighted by molar-refractivity contribution is 5.59. The summed E-state index contributed by atoms with van der Waals surface area (Å²) in [6.07, 6.45) is 0.786. The lowest BCUT2D eigenvalue weighted by Gasteiger charge is -2.29. The van der Waals surface area contributed by atoms with Crippen molar-refractivity contribution in [3.63, 3.8) is 0 Å². The molecule has 2 heterocycles. The third kappa shape index (κ3) is 2.85. The van der Waals surface area contributed by atoms with Gasteiger partial charge in [-0.2, -0.15) is 0 Å². The van der Waals surface area contributed by atoms with E-state index in [4.69, 9.17) is 0 Å². The van der Waals surface area contributed by atoms with Crippen molar-refractivity contribution < 1.29 is 8.78 Å². The van der Waals surface area contributed by atoms with E-state index in [2.05, 4.69) is 15.1 Å². The Bertz CT molecular complexity index is 861. The Morgan fingerprint density at radius 3 is 2.33 bits per heavy atom. The average Bonchev–Trinajstić information content (AvgIpc) is 2.62. The molecule has 0 radical (unpaired) electrons. The van der Waals surface area contributed by atoms with Crippen molar-refractivity contribution in [2.45, 2.75) is 13.0 Å². The molecule has 3 nitrogen and oxygen atoms in total. The lowest BCUT2D eigenvalue weighted by atomic mass is 10.00. The molecule has 1 aliphatic heterocycles. The quantitative estimate of drug-likeness (QED) is 0.714. The van der Waals surface area contributed by atoms with E-state index >= 15 is 0 Å². The van der Waals surface area contributed by atoms with Gasteiger partial charge in [-0.15, -0.1) is 10.2 Å². The standard InChI is InChI=1S/C19H15F2N3/c20-16-4-1-13(2-5-16)18-7-8-19(23-22-18)24-10-9-14-11-17(21)6-3-15(14)12-24/h1-8,11H,9-10,12H2. The van der Waals surface area contributed by atoms with Crippen molar-refractivity contribution in [2.75, 3.05) is 11.4 Å². The maximum atomic E-state index is 13.3. The second-order valence-electron chi connectivity index (χ2n) is 5.87. The van der Waals surface area contributed by atoms with Crippen LogP contribution in [0.1, 0.15) is 11.1 Å². The average molecular weight is 323 g/mol. The van der Waals surface area contributed by atoms with Crippen molar-refractivity contribution >= 4 is 5.82 Å². The normalized spacial score (nSPS) is 13.7. The summed E-state index contributed by atoms with van der Waals surface area (Å²) in [6, 6.07) is 14.9. The zero-order chi connectivity index (χ0) is 16.5. The van der Waals surface area contributed by atoms with Gasteiger partial charge in [-0.1, -0.05) is 6.07 Å². The molecule has 0 amide bonds. The molecule has 4 rings (SSSR count). The smallest absolute Gasteiger partial charge is 0.151 e. The number of rotatable bonds is 2. The van der Waals surface area contributed by atoms with Gasteiger partial charge < -0.3 is 4.90 Å². The van der Waals surface area contributed by atoms with Crippen molar-refractivity contribution in [3.8, 4) is 11.3 Å². The van der Waals surface area contributed by atoms with Crippen molar-refractivity contribution in [3.05, 3.63) is 77.4 Å². The van der Waals surface area contributed by atoms with Gasteiger partial charge in [-0.3, -0.25) is 0 Å². The molecule has 1 aliphatic rings. The molecule has 0 fully saturated rings. The first kappa shape index (κ1) is 14.8. The molecule has 3 aromatic rings. The molecule has 0 aliphatic carbocycles. The van der Waals surface area contributed by atoms with Gasteiger partial charge in [0.1, 0.15) is 11.6 Å². The van der Waals surface area contributed by atoms with Crippen LogP contribution in [0.25, 0.3) is 11.3 Å². The van der Waals surface area contributed by atoms with Gasteiger partial charge in [0.2, 0.25) is 0 Å². The number of aromatic nitrogens is 2. The molecule has 24 heavy (non-hydrogen) atoms. The summed E-state index contributed by atoms with van der Waals surface area (Å²) < 4.78 is 26.3. The number of benzene rings is 2. The van der Waals surface area contributed by atoms with E-state index in [1.807, 2.05) is 18.2 Å². The van der Waals surface area contributed by atoms with E-state index in [9.17, 15) is 8.78 Å². The third-order valence-electron chi connectivity index (χ3n) is 4.30. The summed E-state index contributed by atoms with van der Waals surface area (Å²) in [5, 5.41) is 8.55. The van der Waals surface area contributed by atoms with Crippen molar-refractivity contribution in [1.29, 1.82) is 0 Å². The largest absolute Gasteiger partial charge is 0.350 e. The van der Waals surface area contributed by atoms with Crippen LogP contribution in [0.15, 0.2) is 54.6 Å². The lowest BCUT2D eigenvalue weighted by molar-refractivity contribution is 0.618. The van der Waals surface area contributed by atoms with Crippen LogP contribution in [0.3, 0.4) is 0 Å². The summed E-state index contributed by atoms with van der Waals surface area (Å²) in [5.41, 5.74) is 3.71. The highest BCUT2D eigenvalue weighted by Crippen LogP contribution is 2.25. The van der Waals surface area contributed by atoms with Gasteiger partial charge in [0.25, 0.3) is 0 Å². The molecule has 0 saturated carbocycles. The van der Waals surface area contributed by atoms with E-state index in [1.165, 1.54) is 18.2 Å². The first-order valence-corrected chi connectivity index (χ1v) is 7.81. The first-order chi connectivity index (χ1) is 11.7. The Morgan fingerprint density at radius 2 is 1.58 bits per heavy atom. The number of anilines is 1. The minimum atomic E-state index is -0.272. The summed E-state index contributed by atoms with van der Waals surface area (Å²) in [7, 11) is 0. The number of nitrogens with zero attached hydrogens (tertiary/aromatic N) is 3. The molecule has 0 N–H and O–H groups in total. The molecule has 0 spiro atoms. The maximum Gasteiger partial charge on any atom is 0.151 e. The van der Waals surface area contributed by atoms with Crippen molar-refractivity contribution in [2.24, 2.45) is 0 Å². The second-order valence-corrected chi connectivity index (χ2v) is 5.87. The van der Waals surface area contributed by atoms with Gasteiger partial charge in [-0.05, 0) is 66.1 Å². The summed E-state index contributed by atoms with van der Waals surface area (Å²) in [6.45, 7) is 1.47. The Labute approximate surface area is 138 Å². The van der Waals surface area contributed by atoms with E-state index in [0.717, 1.165) is 35.5 Å². The summed E-state index contributed by atoms with van der Waals surface area (Å²) in [5.74, 6) is 0.327. The minimum absolute atomic E-state index is 0.189. The molecular weight excluding hydrogens is 308 g/mol. The minimum Gasteiger partial charge on any atom is -0.350 e. The molecule has 5 heteroatoms. The van der Waals surface area contributed by atoms with Crippen LogP contribution in [0, 0.1) is 11.6 Å². The van der Waals surface area contributed by atoms with Crippen LogP contribution in [-0.4, -0.2) is 16.7 Å². The van der Waals surface area contributed by atoms with Gasteiger partial charge in [0.15, 0.2) is 5.82 Å². The monoisotopic (exact) mass is 323 g/mol. The van der Waals surface area contributed by atoms with Crippen LogP contribution in [0.2, 0.25) is 0 Å². The highest BCUT2D eigenvalue weighted by Gasteiger charge is 2.18. The predicted molar refractivity (Wildman–Crippen MR) is 88.6 cm³/mol. The number of halogens is 2. The van der Waals surface area contributed by atoms with Gasteiger partial charge in [-0.25, -0.2) is 8.78 Å². The lowest BCUT2D eigenvalue weighted by Crippen LogP contribution is -2.31. The number of hydrogen-bond donors (Lipinski definition) is 0. The van der Waals surface area contributed by atoms with Crippen LogP contribution in [-0.2, 0) is 13.0 Å². The fraction of sp³-hybridized carbons (Fsp3) is 0.158. The van der Waals surface area contributed by atoms with Crippen LogP contribution >= 0.6 is 0 Å². The molecule has 0 saturated heterocycles. The van der Waals surface area contributed by atoms with Gasteiger partial charge >= 0.3 is 0 Å². The third-order valence-corrected chi connectivity index (χ3v) is 4.30. The molecule has 0 bridgehead atoms. The topological polar surface area (TPSA) is 29.0 Å². The highest BCUT2D eigenvalue weighted by atomic mass is 19.1. The van der Waals surface area contributed by atoms with E-state index < -0.39 is 0 Å². The number of fused-ring (bicyclic) bond motifs is 1.